The minimum atomic E-state index is 1.14. The smallest absolute Gasteiger partial charge is 0.0554 e. The SMILES string of the molecule is c1ccc(-c2cccc(-c3ccc(N(c4ccccc4)c4cccc5sc6cc7ccccc7cc6c45)cc3)c2)cc1. The summed E-state index contributed by atoms with van der Waals surface area (Å²) in [4.78, 5) is 2.40. The van der Waals surface area contributed by atoms with Gasteiger partial charge in [-0.2, -0.15) is 0 Å². The molecule has 8 rings (SSSR count). The molecule has 0 aliphatic rings. The van der Waals surface area contributed by atoms with E-state index in [1.165, 1.54) is 58.9 Å². The van der Waals surface area contributed by atoms with Crippen LogP contribution < -0.4 is 4.90 Å². The minimum absolute atomic E-state index is 1.14. The molecule has 0 saturated carbocycles. The molecule has 1 heterocycles. The second-order valence-electron chi connectivity index (χ2n) is 10.6. The van der Waals surface area contributed by atoms with Crippen molar-refractivity contribution in [1.82, 2.24) is 0 Å². The van der Waals surface area contributed by atoms with Gasteiger partial charge in [0.1, 0.15) is 0 Å². The lowest BCUT2D eigenvalue weighted by atomic mass is 9.99. The van der Waals surface area contributed by atoms with Gasteiger partial charge in [-0.1, -0.05) is 109 Å². The van der Waals surface area contributed by atoms with Gasteiger partial charge in [-0.05, 0) is 87.6 Å². The van der Waals surface area contributed by atoms with Gasteiger partial charge in [0.2, 0.25) is 0 Å². The average Bonchev–Trinajstić information content (AvgIpc) is 3.43. The molecule has 7 aromatic carbocycles. The molecule has 0 aliphatic heterocycles. The molecule has 0 radical (unpaired) electrons. The van der Waals surface area contributed by atoms with Crippen LogP contribution in [0.15, 0.2) is 164 Å². The van der Waals surface area contributed by atoms with Crippen molar-refractivity contribution in [3.8, 4) is 22.3 Å². The van der Waals surface area contributed by atoms with Gasteiger partial charge in [0.05, 0.1) is 5.69 Å². The summed E-state index contributed by atoms with van der Waals surface area (Å²) in [6.45, 7) is 0. The molecule has 0 fully saturated rings. The third-order valence-electron chi connectivity index (χ3n) is 8.03. The van der Waals surface area contributed by atoms with E-state index >= 15 is 0 Å². The zero-order valence-electron chi connectivity index (χ0n) is 22.9. The Morgan fingerprint density at radius 1 is 0.381 bits per heavy atom. The molecule has 0 spiro atoms. The first-order valence-corrected chi connectivity index (χ1v) is 15.1. The van der Waals surface area contributed by atoms with Gasteiger partial charge in [0.25, 0.3) is 0 Å². The van der Waals surface area contributed by atoms with Crippen LogP contribution in [0.5, 0.6) is 0 Å². The van der Waals surface area contributed by atoms with Crippen LogP contribution in [-0.2, 0) is 0 Å². The van der Waals surface area contributed by atoms with Crippen molar-refractivity contribution in [2.45, 2.75) is 0 Å². The van der Waals surface area contributed by atoms with Gasteiger partial charge in [-0.15, -0.1) is 11.3 Å². The number of thiophene rings is 1. The van der Waals surface area contributed by atoms with Crippen LogP contribution in [-0.4, -0.2) is 0 Å². The van der Waals surface area contributed by atoms with Gasteiger partial charge in [-0.3, -0.25) is 0 Å². The average molecular weight is 554 g/mol. The summed E-state index contributed by atoms with van der Waals surface area (Å²) in [6.07, 6.45) is 0. The number of benzene rings is 7. The van der Waals surface area contributed by atoms with E-state index in [0.29, 0.717) is 0 Å². The number of rotatable bonds is 5. The molecule has 0 bridgehead atoms. The van der Waals surface area contributed by atoms with Crippen LogP contribution >= 0.6 is 11.3 Å². The molecular formula is C40H27NS. The normalized spacial score (nSPS) is 11.3. The van der Waals surface area contributed by atoms with Crippen LogP contribution in [0.25, 0.3) is 53.2 Å². The monoisotopic (exact) mass is 553 g/mol. The zero-order valence-corrected chi connectivity index (χ0v) is 23.8. The highest BCUT2D eigenvalue weighted by Gasteiger charge is 2.18. The highest BCUT2D eigenvalue weighted by atomic mass is 32.1. The first-order valence-electron chi connectivity index (χ1n) is 14.3. The predicted octanol–water partition coefficient (Wildman–Crippen LogP) is 12.0. The molecule has 1 aromatic heterocycles. The fraction of sp³-hybridized carbons (Fsp3) is 0. The number of hydrogen-bond acceptors (Lipinski definition) is 2. The standard InChI is InChI=1S/C40H27NS/c1-3-11-28(12-4-1)30-15-9-16-31(25-30)29-21-23-35(24-22-29)41(34-17-5-2-6-18-34)37-19-10-20-38-40(37)36-26-32-13-7-8-14-33(32)27-39(36)42-38/h1-27H. The fourth-order valence-electron chi connectivity index (χ4n) is 6.00. The summed E-state index contributed by atoms with van der Waals surface area (Å²) < 4.78 is 2.62. The third-order valence-corrected chi connectivity index (χ3v) is 9.14. The van der Waals surface area contributed by atoms with Crippen LogP contribution in [0, 0.1) is 0 Å². The maximum absolute atomic E-state index is 2.40. The number of para-hydroxylation sites is 1. The first kappa shape index (κ1) is 24.6. The Hall–Kier alpha value is -5.18. The van der Waals surface area contributed by atoms with Crippen LogP contribution in [0.2, 0.25) is 0 Å². The molecule has 0 N–H and O–H groups in total. The lowest BCUT2D eigenvalue weighted by Gasteiger charge is -2.26. The zero-order chi connectivity index (χ0) is 27.9. The van der Waals surface area contributed by atoms with Crippen molar-refractivity contribution >= 4 is 59.3 Å². The van der Waals surface area contributed by atoms with Crippen molar-refractivity contribution in [2.75, 3.05) is 4.90 Å². The van der Waals surface area contributed by atoms with Gasteiger partial charge in [0, 0.05) is 31.5 Å². The fourth-order valence-corrected chi connectivity index (χ4v) is 7.15. The lowest BCUT2D eigenvalue weighted by molar-refractivity contribution is 1.30. The topological polar surface area (TPSA) is 3.24 Å². The molecule has 8 aromatic rings. The second-order valence-corrected chi connectivity index (χ2v) is 11.7. The summed E-state index contributed by atoms with van der Waals surface area (Å²) in [7, 11) is 0. The molecule has 0 aliphatic carbocycles. The largest absolute Gasteiger partial charge is 0.310 e. The molecule has 1 nitrogen and oxygen atoms in total. The van der Waals surface area contributed by atoms with E-state index in [0.717, 1.165) is 11.4 Å². The van der Waals surface area contributed by atoms with Crippen LogP contribution in [0.3, 0.4) is 0 Å². The summed E-state index contributed by atoms with van der Waals surface area (Å²) in [5.41, 5.74) is 8.35. The number of fused-ring (bicyclic) bond motifs is 4. The summed E-state index contributed by atoms with van der Waals surface area (Å²) in [5, 5.41) is 5.16. The van der Waals surface area contributed by atoms with Crippen molar-refractivity contribution in [3.05, 3.63) is 164 Å². The summed E-state index contributed by atoms with van der Waals surface area (Å²) >= 11 is 1.87. The summed E-state index contributed by atoms with van der Waals surface area (Å²) in [6, 6.07) is 59.1. The first-order chi connectivity index (χ1) is 20.8. The molecule has 42 heavy (non-hydrogen) atoms. The molecule has 0 unspecified atom stereocenters. The molecule has 2 heteroatoms. The number of anilines is 3. The van der Waals surface area contributed by atoms with Crippen LogP contribution in [0.1, 0.15) is 0 Å². The van der Waals surface area contributed by atoms with E-state index in [1.807, 2.05) is 11.3 Å². The van der Waals surface area contributed by atoms with E-state index < -0.39 is 0 Å². The van der Waals surface area contributed by atoms with Gasteiger partial charge in [-0.25, -0.2) is 0 Å². The van der Waals surface area contributed by atoms with Crippen molar-refractivity contribution in [1.29, 1.82) is 0 Å². The van der Waals surface area contributed by atoms with E-state index in [-0.39, 0.29) is 0 Å². The van der Waals surface area contributed by atoms with E-state index in [4.69, 9.17) is 0 Å². The predicted molar refractivity (Wildman–Crippen MR) is 182 cm³/mol. The highest BCUT2D eigenvalue weighted by Crippen LogP contribution is 2.45. The Labute approximate surface area is 249 Å². The Morgan fingerprint density at radius 3 is 1.69 bits per heavy atom. The van der Waals surface area contributed by atoms with Gasteiger partial charge in [0.15, 0.2) is 0 Å². The number of hydrogen-bond donors (Lipinski definition) is 0. The minimum Gasteiger partial charge on any atom is -0.310 e. The molecule has 0 saturated heterocycles. The number of nitrogens with zero attached hydrogens (tertiary/aromatic N) is 1. The maximum atomic E-state index is 2.40. The summed E-state index contributed by atoms with van der Waals surface area (Å²) in [5.74, 6) is 0. The highest BCUT2D eigenvalue weighted by molar-refractivity contribution is 7.26. The molecule has 0 amide bonds. The van der Waals surface area contributed by atoms with Gasteiger partial charge >= 0.3 is 0 Å². The molecular weight excluding hydrogens is 527 g/mol. The third kappa shape index (κ3) is 4.34. The molecule has 198 valence electrons. The van der Waals surface area contributed by atoms with Crippen molar-refractivity contribution in [3.63, 3.8) is 0 Å². The lowest BCUT2D eigenvalue weighted by Crippen LogP contribution is -2.10. The van der Waals surface area contributed by atoms with E-state index in [1.54, 1.807) is 0 Å². The van der Waals surface area contributed by atoms with Crippen molar-refractivity contribution < 1.29 is 0 Å². The van der Waals surface area contributed by atoms with E-state index in [9.17, 15) is 0 Å². The Morgan fingerprint density at radius 2 is 0.952 bits per heavy atom. The van der Waals surface area contributed by atoms with Crippen molar-refractivity contribution in [2.24, 2.45) is 0 Å². The van der Waals surface area contributed by atoms with E-state index in [2.05, 4.69) is 169 Å². The Balaban J connectivity index is 1.27. The Kier molecular flexibility index (Phi) is 6.05. The quantitative estimate of drug-likeness (QED) is 0.205. The second kappa shape index (κ2) is 10.3. The Bertz CT molecular complexity index is 2180. The maximum Gasteiger partial charge on any atom is 0.0554 e. The van der Waals surface area contributed by atoms with Gasteiger partial charge < -0.3 is 4.90 Å². The molecule has 0 atom stereocenters. The van der Waals surface area contributed by atoms with Crippen LogP contribution in [0.4, 0.5) is 17.1 Å².